The number of hydrogen-bond acceptors (Lipinski definition) is 2. The van der Waals surface area contributed by atoms with Crippen molar-refractivity contribution in [2.24, 2.45) is 11.1 Å². The van der Waals surface area contributed by atoms with Gasteiger partial charge in [-0.2, -0.15) is 0 Å². The summed E-state index contributed by atoms with van der Waals surface area (Å²) < 4.78 is 5.19. The van der Waals surface area contributed by atoms with Crippen LogP contribution in [0.3, 0.4) is 0 Å². The Labute approximate surface area is 116 Å². The van der Waals surface area contributed by atoms with E-state index in [2.05, 4.69) is 6.58 Å². The van der Waals surface area contributed by atoms with Crippen molar-refractivity contribution in [3.05, 3.63) is 36.1 Å². The number of hydrogen-bond donors (Lipinski definition) is 1. The van der Waals surface area contributed by atoms with E-state index in [1.54, 1.807) is 7.11 Å². The monoisotopic (exact) mass is 263 g/mol. The molecule has 1 fully saturated rings. The number of primary amides is 1. The van der Waals surface area contributed by atoms with E-state index in [1.807, 2.05) is 25.2 Å². The second-order valence-electron chi connectivity index (χ2n) is 5.24. The van der Waals surface area contributed by atoms with Gasteiger partial charge in [-0.25, -0.2) is 0 Å². The molecule has 1 aliphatic carbocycles. The predicted molar refractivity (Wildman–Crippen MR) is 78.4 cm³/mol. The average Bonchev–Trinajstić information content (AvgIpc) is 2.40. The van der Waals surface area contributed by atoms with Crippen LogP contribution in [0.1, 0.15) is 45.4 Å². The van der Waals surface area contributed by atoms with Crippen LogP contribution in [-0.2, 0) is 9.53 Å². The number of rotatable bonds is 6. The molecule has 1 amide bonds. The van der Waals surface area contributed by atoms with E-state index in [1.165, 1.54) is 6.42 Å². The zero-order valence-electron chi connectivity index (χ0n) is 12.1. The largest absolute Gasteiger partial charge is 0.497 e. The molecule has 1 aliphatic rings. The number of nitrogens with two attached hydrogens (primary N) is 1. The fourth-order valence-electron chi connectivity index (χ4n) is 2.82. The summed E-state index contributed by atoms with van der Waals surface area (Å²) in [7, 11) is 1.64. The van der Waals surface area contributed by atoms with Crippen molar-refractivity contribution in [1.82, 2.24) is 0 Å². The molecule has 0 aromatic carbocycles. The zero-order valence-corrected chi connectivity index (χ0v) is 12.1. The highest BCUT2D eigenvalue weighted by molar-refractivity contribution is 5.75. The number of carbonyl (C=O) groups excluding carboxylic acids is 1. The first-order chi connectivity index (χ1) is 9.04. The van der Waals surface area contributed by atoms with Crippen molar-refractivity contribution in [2.75, 3.05) is 7.11 Å². The minimum Gasteiger partial charge on any atom is -0.497 e. The van der Waals surface area contributed by atoms with Crippen molar-refractivity contribution in [3.63, 3.8) is 0 Å². The van der Waals surface area contributed by atoms with Gasteiger partial charge in [0.2, 0.25) is 5.91 Å². The van der Waals surface area contributed by atoms with Crippen molar-refractivity contribution in [1.29, 1.82) is 0 Å². The highest BCUT2D eigenvalue weighted by Gasteiger charge is 2.35. The molecule has 0 aromatic rings. The number of carbonyl (C=O) groups is 1. The summed E-state index contributed by atoms with van der Waals surface area (Å²) in [4.78, 5) is 11.3. The van der Waals surface area contributed by atoms with E-state index in [-0.39, 0.29) is 11.3 Å². The Bertz CT molecular complexity index is 388. The van der Waals surface area contributed by atoms with E-state index in [9.17, 15) is 4.79 Å². The molecule has 0 unspecified atom stereocenters. The Morgan fingerprint density at radius 3 is 2.42 bits per heavy atom. The summed E-state index contributed by atoms with van der Waals surface area (Å²) in [5.41, 5.74) is 6.26. The van der Waals surface area contributed by atoms with Crippen LogP contribution in [0.4, 0.5) is 0 Å². The molecule has 0 atom stereocenters. The van der Waals surface area contributed by atoms with Crippen LogP contribution in [0.5, 0.6) is 0 Å². The second kappa shape index (κ2) is 7.17. The Hall–Kier alpha value is -1.51. The second-order valence-corrected chi connectivity index (χ2v) is 5.24. The molecule has 0 radical (unpaired) electrons. The first-order valence-corrected chi connectivity index (χ1v) is 6.90. The van der Waals surface area contributed by atoms with Gasteiger partial charge in [-0.3, -0.25) is 4.79 Å². The first-order valence-electron chi connectivity index (χ1n) is 6.90. The normalized spacial score (nSPS) is 19.4. The molecule has 0 aromatic heterocycles. The quantitative estimate of drug-likeness (QED) is 0.589. The van der Waals surface area contributed by atoms with Crippen molar-refractivity contribution >= 4 is 5.91 Å². The molecule has 2 N–H and O–H groups in total. The van der Waals surface area contributed by atoms with E-state index in [0.717, 1.165) is 37.0 Å². The fraction of sp³-hybridized carbons (Fsp3) is 0.562. The molecule has 1 rings (SSSR count). The molecule has 0 saturated heterocycles. The van der Waals surface area contributed by atoms with E-state index in [4.69, 9.17) is 10.5 Å². The molecule has 0 bridgehead atoms. The van der Waals surface area contributed by atoms with Crippen LogP contribution in [-0.4, -0.2) is 13.0 Å². The number of amides is 1. The van der Waals surface area contributed by atoms with Crippen molar-refractivity contribution in [3.8, 4) is 0 Å². The van der Waals surface area contributed by atoms with Gasteiger partial charge in [-0.05, 0) is 37.5 Å². The van der Waals surface area contributed by atoms with E-state index in [0.29, 0.717) is 6.42 Å². The molecule has 3 heteroatoms. The van der Waals surface area contributed by atoms with Crippen molar-refractivity contribution < 1.29 is 9.53 Å². The summed E-state index contributed by atoms with van der Waals surface area (Å²) in [6.07, 6.45) is 11.7. The number of methoxy groups -OCH3 is 1. The minimum atomic E-state index is -0.241. The molecular formula is C16H25NO2. The summed E-state index contributed by atoms with van der Waals surface area (Å²) in [6.45, 7) is 6.09. The van der Waals surface area contributed by atoms with Crippen LogP contribution in [0.2, 0.25) is 0 Å². The lowest BCUT2D eigenvalue weighted by atomic mass is 9.67. The summed E-state index contributed by atoms with van der Waals surface area (Å²) >= 11 is 0. The van der Waals surface area contributed by atoms with E-state index >= 15 is 0 Å². The number of ether oxygens (including phenoxy) is 1. The Kier molecular flexibility index (Phi) is 5.87. The smallest absolute Gasteiger partial charge is 0.218 e. The third-order valence-corrected chi connectivity index (χ3v) is 3.97. The molecule has 106 valence electrons. The fourth-order valence-corrected chi connectivity index (χ4v) is 2.82. The maximum atomic E-state index is 11.3. The lowest BCUT2D eigenvalue weighted by Crippen LogP contribution is -2.31. The summed E-state index contributed by atoms with van der Waals surface area (Å²) in [6, 6.07) is 0. The minimum absolute atomic E-state index is 0.146. The van der Waals surface area contributed by atoms with Gasteiger partial charge in [0.05, 0.1) is 7.11 Å². The Morgan fingerprint density at radius 1 is 1.32 bits per heavy atom. The SMILES string of the molecule is C=C(/C=C\C(=C/C)OC)C1(CC(N)=O)CCCCC1. The maximum Gasteiger partial charge on any atom is 0.218 e. The first kappa shape index (κ1) is 15.5. The van der Waals surface area contributed by atoms with Gasteiger partial charge >= 0.3 is 0 Å². The molecule has 1 saturated carbocycles. The Morgan fingerprint density at radius 2 is 1.95 bits per heavy atom. The maximum absolute atomic E-state index is 11.3. The molecular weight excluding hydrogens is 238 g/mol. The zero-order chi connectivity index (χ0) is 14.3. The van der Waals surface area contributed by atoms with E-state index < -0.39 is 0 Å². The molecule has 19 heavy (non-hydrogen) atoms. The van der Waals surface area contributed by atoms with Crippen LogP contribution in [0, 0.1) is 5.41 Å². The third kappa shape index (κ3) is 4.27. The van der Waals surface area contributed by atoms with Crippen LogP contribution < -0.4 is 5.73 Å². The molecule has 0 spiro atoms. The average molecular weight is 263 g/mol. The van der Waals surface area contributed by atoms with Gasteiger partial charge in [0, 0.05) is 11.8 Å². The standard InChI is InChI=1S/C16H25NO2/c1-4-14(19-3)9-8-13(2)16(12-15(17)18)10-6-5-7-11-16/h4,8-9H,2,5-7,10-12H2,1,3H3,(H2,17,18)/b9-8-,14-4+. The third-order valence-electron chi connectivity index (χ3n) is 3.97. The lowest BCUT2D eigenvalue weighted by molar-refractivity contribution is -0.120. The van der Waals surface area contributed by atoms with Crippen LogP contribution >= 0.6 is 0 Å². The Balaban J connectivity index is 2.85. The predicted octanol–water partition coefficient (Wildman–Crippen LogP) is 3.47. The molecule has 0 aliphatic heterocycles. The van der Waals surface area contributed by atoms with Gasteiger partial charge in [0.15, 0.2) is 0 Å². The highest BCUT2D eigenvalue weighted by Crippen LogP contribution is 2.45. The van der Waals surface area contributed by atoms with Crippen LogP contribution in [0.25, 0.3) is 0 Å². The summed E-state index contributed by atoms with van der Waals surface area (Å²) in [5.74, 6) is 0.556. The highest BCUT2D eigenvalue weighted by atomic mass is 16.5. The topological polar surface area (TPSA) is 52.3 Å². The molecule has 0 heterocycles. The van der Waals surface area contributed by atoms with Gasteiger partial charge in [-0.15, -0.1) is 0 Å². The van der Waals surface area contributed by atoms with Gasteiger partial charge in [-0.1, -0.05) is 31.9 Å². The summed E-state index contributed by atoms with van der Waals surface area (Å²) in [5, 5.41) is 0. The number of allylic oxidation sites excluding steroid dienone is 4. The molecule has 3 nitrogen and oxygen atoms in total. The van der Waals surface area contributed by atoms with Gasteiger partial charge < -0.3 is 10.5 Å². The lowest BCUT2D eigenvalue weighted by Gasteiger charge is -2.37. The van der Waals surface area contributed by atoms with Crippen molar-refractivity contribution in [2.45, 2.75) is 45.4 Å². The van der Waals surface area contributed by atoms with Gasteiger partial charge in [0.1, 0.15) is 5.76 Å². The van der Waals surface area contributed by atoms with Crippen LogP contribution in [0.15, 0.2) is 36.1 Å². The van der Waals surface area contributed by atoms with Gasteiger partial charge in [0.25, 0.3) is 0 Å².